The third-order valence-corrected chi connectivity index (χ3v) is 10.9. The number of aromatic nitrogens is 3. The molecule has 0 spiro atoms. The van der Waals surface area contributed by atoms with E-state index >= 15 is 4.39 Å². The van der Waals surface area contributed by atoms with Crippen molar-refractivity contribution in [3.05, 3.63) is 125 Å². The van der Waals surface area contributed by atoms with Gasteiger partial charge in [0.15, 0.2) is 0 Å². The molecule has 0 radical (unpaired) electrons. The Morgan fingerprint density at radius 3 is 2.48 bits per heavy atom. The molecule has 1 unspecified atom stereocenters. The quantitative estimate of drug-likeness (QED) is 0.153. The zero-order valence-electron chi connectivity index (χ0n) is 31.9. The zero-order chi connectivity index (χ0) is 40.5. The smallest absolute Gasteiger partial charge is 0.265 e. The van der Waals surface area contributed by atoms with Crippen molar-refractivity contribution in [1.82, 2.24) is 30.1 Å². The molecule has 3 aromatic carbocycles. The van der Waals surface area contributed by atoms with Crippen molar-refractivity contribution in [2.75, 3.05) is 35.7 Å². The van der Waals surface area contributed by atoms with Gasteiger partial charge in [-0.3, -0.25) is 44.1 Å². The van der Waals surface area contributed by atoms with Crippen molar-refractivity contribution in [2.24, 2.45) is 0 Å². The predicted octanol–water partition coefficient (Wildman–Crippen LogP) is 5.48. The summed E-state index contributed by atoms with van der Waals surface area (Å²) in [6.07, 6.45) is 6.78. The highest BCUT2D eigenvalue weighted by Gasteiger charge is 2.46. The van der Waals surface area contributed by atoms with Gasteiger partial charge in [0.1, 0.15) is 11.9 Å². The molecule has 58 heavy (non-hydrogen) atoms. The molecule has 5 amide bonds. The lowest BCUT2D eigenvalue weighted by Crippen LogP contribution is -2.54. The number of pyridine rings is 1. The Hall–Kier alpha value is -6.87. The molecule has 2 fully saturated rings. The maximum atomic E-state index is 15.3. The summed E-state index contributed by atoms with van der Waals surface area (Å²) in [5.74, 6) is -3.44. The van der Waals surface area contributed by atoms with E-state index in [1.165, 1.54) is 12.1 Å². The Labute approximate surface area is 333 Å². The molecule has 2 aromatic heterocycles. The van der Waals surface area contributed by atoms with Crippen molar-refractivity contribution >= 4 is 52.5 Å². The molecule has 5 heterocycles. The van der Waals surface area contributed by atoms with Crippen LogP contribution >= 0.6 is 0 Å². The number of carbonyl (C=O) groups excluding carboxylic acids is 5. The number of anilines is 4. The third-order valence-electron chi connectivity index (χ3n) is 10.9. The molecule has 3 aliphatic rings. The van der Waals surface area contributed by atoms with E-state index in [0.29, 0.717) is 29.3 Å². The van der Waals surface area contributed by atoms with E-state index in [-0.39, 0.29) is 35.9 Å². The molecule has 0 bridgehead atoms. The number of piperidine rings is 2. The van der Waals surface area contributed by atoms with Crippen molar-refractivity contribution in [2.45, 2.75) is 51.2 Å². The molecule has 3 aliphatic heterocycles. The number of halogens is 1. The molecule has 3 N–H and O–H groups in total. The largest absolute Gasteiger partial charge is 0.371 e. The first-order chi connectivity index (χ1) is 28.0. The van der Waals surface area contributed by atoms with E-state index in [0.717, 1.165) is 59.0 Å². The van der Waals surface area contributed by atoms with Gasteiger partial charge in [-0.25, -0.2) is 14.4 Å². The van der Waals surface area contributed by atoms with Crippen LogP contribution < -0.4 is 20.9 Å². The molecule has 2 saturated heterocycles. The molecular formula is C43H40FN9O5. The Balaban J connectivity index is 0.850. The molecule has 0 aliphatic carbocycles. The summed E-state index contributed by atoms with van der Waals surface area (Å²) in [5, 5.41) is 8.41. The van der Waals surface area contributed by atoms with Gasteiger partial charge < -0.3 is 15.5 Å². The van der Waals surface area contributed by atoms with Gasteiger partial charge >= 0.3 is 0 Å². The molecule has 5 aromatic rings. The van der Waals surface area contributed by atoms with Gasteiger partial charge in [0, 0.05) is 78.9 Å². The number of hydrogen-bond acceptors (Lipinski definition) is 11. The fourth-order valence-electron chi connectivity index (χ4n) is 7.75. The number of nitrogens with one attached hydrogen (secondary N) is 3. The van der Waals surface area contributed by atoms with Gasteiger partial charge in [-0.2, -0.15) is 0 Å². The highest BCUT2D eigenvalue weighted by Crippen LogP contribution is 2.32. The van der Waals surface area contributed by atoms with Crippen LogP contribution in [0, 0.1) is 12.7 Å². The number of fused-ring (bicyclic) bond motifs is 1. The first kappa shape index (κ1) is 38.0. The summed E-state index contributed by atoms with van der Waals surface area (Å²) in [6.45, 7) is 3.84. The molecular weight excluding hydrogens is 742 g/mol. The van der Waals surface area contributed by atoms with E-state index in [2.05, 4.69) is 40.7 Å². The SMILES string of the molecule is Cc1ccc(NC(=O)c2ccc(N3CCC(N(C)Cc4cc(F)c5c(c4)C(=O)N(C4CCC(=O)NC4=O)C5=O)CC3)cc2)cc1Nc1nccc(-c2cccnc2)n1. The van der Waals surface area contributed by atoms with Gasteiger partial charge in [-0.1, -0.05) is 6.07 Å². The van der Waals surface area contributed by atoms with Crippen molar-refractivity contribution < 1.29 is 28.4 Å². The third kappa shape index (κ3) is 7.76. The summed E-state index contributed by atoms with van der Waals surface area (Å²) in [6, 6.07) is 20.5. The lowest BCUT2D eigenvalue weighted by molar-refractivity contribution is -0.136. The number of nitrogens with zero attached hydrogens (tertiary/aromatic N) is 6. The Kier molecular flexibility index (Phi) is 10.4. The zero-order valence-corrected chi connectivity index (χ0v) is 31.9. The number of rotatable bonds is 10. The number of hydrogen-bond donors (Lipinski definition) is 3. The Morgan fingerprint density at radius 1 is 0.948 bits per heavy atom. The average molecular weight is 782 g/mol. The van der Waals surface area contributed by atoms with Gasteiger partial charge in [0.25, 0.3) is 17.7 Å². The standard InChI is InChI=1S/C43H40FN9O5/c1-25-5-8-29(22-35(25)49-43-46-17-13-34(48-43)28-4-3-16-45-23-28)47-39(55)27-6-9-31(10-7-27)52-18-14-30(15-19-52)51(2)24-26-20-32-38(33(44)21-26)42(58)53(41(32)57)36-11-12-37(54)50-40(36)56/h3-10,13,16-17,20-23,30,36H,11-12,14-15,18-19,24H2,1-2H3,(H,47,55)(H,46,48,49)(H,50,54,56). The van der Waals surface area contributed by atoms with E-state index in [9.17, 15) is 24.0 Å². The average Bonchev–Trinajstić information content (AvgIpc) is 3.48. The number of imide groups is 2. The molecule has 14 nitrogen and oxygen atoms in total. The van der Waals surface area contributed by atoms with Gasteiger partial charge in [0.2, 0.25) is 17.8 Å². The normalized spacial score (nSPS) is 17.1. The fourth-order valence-corrected chi connectivity index (χ4v) is 7.75. The number of benzene rings is 3. The lowest BCUT2D eigenvalue weighted by atomic mass is 10.0. The van der Waals surface area contributed by atoms with Crippen molar-refractivity contribution in [3.63, 3.8) is 0 Å². The molecule has 1 atom stereocenters. The van der Waals surface area contributed by atoms with Crippen LogP contribution in [0.5, 0.6) is 0 Å². The first-order valence-electron chi connectivity index (χ1n) is 19.0. The second kappa shape index (κ2) is 15.9. The summed E-state index contributed by atoms with van der Waals surface area (Å²) in [7, 11) is 1.95. The lowest BCUT2D eigenvalue weighted by Gasteiger charge is -2.38. The summed E-state index contributed by atoms with van der Waals surface area (Å²) < 4.78 is 15.3. The first-order valence-corrected chi connectivity index (χ1v) is 19.0. The predicted molar refractivity (Wildman–Crippen MR) is 214 cm³/mol. The monoisotopic (exact) mass is 781 g/mol. The fraction of sp³-hybridized carbons (Fsp3) is 0.256. The Morgan fingerprint density at radius 2 is 1.74 bits per heavy atom. The second-order valence-electron chi connectivity index (χ2n) is 14.7. The minimum absolute atomic E-state index is 0.00103. The van der Waals surface area contributed by atoms with E-state index in [1.54, 1.807) is 18.6 Å². The molecule has 8 rings (SSSR count). The minimum atomic E-state index is -1.16. The number of aryl methyl sites for hydroxylation is 1. The topological polar surface area (TPSA) is 170 Å². The van der Waals surface area contributed by atoms with Crippen LogP contribution in [-0.4, -0.2) is 86.5 Å². The van der Waals surface area contributed by atoms with Gasteiger partial charge in [-0.05, 0) is 111 Å². The summed E-state index contributed by atoms with van der Waals surface area (Å²) >= 11 is 0. The van der Waals surface area contributed by atoms with E-state index < -0.39 is 35.5 Å². The van der Waals surface area contributed by atoms with Gasteiger partial charge in [-0.15, -0.1) is 0 Å². The van der Waals surface area contributed by atoms with Crippen LogP contribution in [0.25, 0.3) is 11.3 Å². The maximum absolute atomic E-state index is 15.3. The molecule has 294 valence electrons. The Bertz CT molecular complexity index is 2440. The van der Waals surface area contributed by atoms with Crippen LogP contribution in [0.3, 0.4) is 0 Å². The van der Waals surface area contributed by atoms with Crippen LogP contribution in [0.4, 0.5) is 27.4 Å². The van der Waals surface area contributed by atoms with E-state index in [1.807, 2.05) is 74.6 Å². The van der Waals surface area contributed by atoms with Crippen molar-refractivity contribution in [1.29, 1.82) is 0 Å². The summed E-state index contributed by atoms with van der Waals surface area (Å²) in [4.78, 5) is 82.0. The highest BCUT2D eigenvalue weighted by atomic mass is 19.1. The van der Waals surface area contributed by atoms with Crippen LogP contribution in [0.15, 0.2) is 91.4 Å². The minimum Gasteiger partial charge on any atom is -0.371 e. The van der Waals surface area contributed by atoms with Crippen LogP contribution in [-0.2, 0) is 16.1 Å². The van der Waals surface area contributed by atoms with Crippen molar-refractivity contribution in [3.8, 4) is 11.3 Å². The van der Waals surface area contributed by atoms with Crippen LogP contribution in [0.1, 0.15) is 67.9 Å². The molecule has 0 saturated carbocycles. The molecule has 15 heteroatoms. The maximum Gasteiger partial charge on any atom is 0.265 e. The van der Waals surface area contributed by atoms with Crippen LogP contribution in [0.2, 0.25) is 0 Å². The van der Waals surface area contributed by atoms with E-state index in [4.69, 9.17) is 0 Å². The highest BCUT2D eigenvalue weighted by molar-refractivity contribution is 6.23. The summed E-state index contributed by atoms with van der Waals surface area (Å²) in [5.41, 5.74) is 5.59. The number of amides is 5. The second-order valence-corrected chi connectivity index (χ2v) is 14.7. The number of carbonyl (C=O) groups is 5. The van der Waals surface area contributed by atoms with Gasteiger partial charge in [0.05, 0.1) is 16.8 Å².